The van der Waals surface area contributed by atoms with Crippen LogP contribution < -0.4 is 5.32 Å². The SMILES string of the molecule is CCOC(=O)c1cccc(NC(=O)c2cccc(S(=O)(=O)N3CCOCC3)c2)c1C. The van der Waals surface area contributed by atoms with E-state index < -0.39 is 21.9 Å². The highest BCUT2D eigenvalue weighted by molar-refractivity contribution is 7.89. The zero-order valence-corrected chi connectivity index (χ0v) is 17.7. The Bertz CT molecular complexity index is 1050. The van der Waals surface area contributed by atoms with E-state index in [0.29, 0.717) is 30.0 Å². The van der Waals surface area contributed by atoms with E-state index in [1.807, 2.05) is 0 Å². The number of hydrogen-bond acceptors (Lipinski definition) is 6. The predicted molar refractivity (Wildman–Crippen MR) is 111 cm³/mol. The van der Waals surface area contributed by atoms with Gasteiger partial charge in [0.15, 0.2) is 0 Å². The van der Waals surface area contributed by atoms with E-state index >= 15 is 0 Å². The molecular formula is C21H24N2O6S. The van der Waals surface area contributed by atoms with Gasteiger partial charge in [0.25, 0.3) is 5.91 Å². The van der Waals surface area contributed by atoms with Crippen LogP contribution in [0.3, 0.4) is 0 Å². The molecule has 160 valence electrons. The second-order valence-electron chi connectivity index (χ2n) is 6.70. The minimum atomic E-state index is -3.71. The zero-order chi connectivity index (χ0) is 21.7. The molecule has 1 fully saturated rings. The van der Waals surface area contributed by atoms with Gasteiger partial charge >= 0.3 is 5.97 Å². The number of carbonyl (C=O) groups is 2. The average Bonchev–Trinajstić information content (AvgIpc) is 2.76. The Hall–Kier alpha value is -2.75. The van der Waals surface area contributed by atoms with Gasteiger partial charge in [0.1, 0.15) is 0 Å². The number of sulfonamides is 1. The molecule has 9 heteroatoms. The van der Waals surface area contributed by atoms with Crippen molar-refractivity contribution >= 4 is 27.6 Å². The Morgan fingerprint density at radius 2 is 1.83 bits per heavy atom. The van der Waals surface area contributed by atoms with Crippen molar-refractivity contribution in [1.29, 1.82) is 0 Å². The summed E-state index contributed by atoms with van der Waals surface area (Å²) >= 11 is 0. The molecule has 0 bridgehead atoms. The van der Waals surface area contributed by atoms with Crippen LogP contribution in [-0.4, -0.2) is 57.5 Å². The van der Waals surface area contributed by atoms with E-state index in [1.54, 1.807) is 32.0 Å². The zero-order valence-electron chi connectivity index (χ0n) is 16.9. The second kappa shape index (κ2) is 9.38. The summed E-state index contributed by atoms with van der Waals surface area (Å²) in [6, 6.07) is 10.8. The van der Waals surface area contributed by atoms with Crippen molar-refractivity contribution in [1.82, 2.24) is 4.31 Å². The summed E-state index contributed by atoms with van der Waals surface area (Å²) < 4.78 is 37.3. The molecule has 8 nitrogen and oxygen atoms in total. The quantitative estimate of drug-likeness (QED) is 0.704. The summed E-state index contributed by atoms with van der Waals surface area (Å²) in [6.07, 6.45) is 0. The topological polar surface area (TPSA) is 102 Å². The Morgan fingerprint density at radius 3 is 2.53 bits per heavy atom. The molecule has 0 unspecified atom stereocenters. The molecule has 1 aliphatic rings. The number of nitrogens with zero attached hydrogens (tertiary/aromatic N) is 1. The monoisotopic (exact) mass is 432 g/mol. The van der Waals surface area contributed by atoms with Crippen molar-refractivity contribution in [3.05, 3.63) is 59.2 Å². The number of amides is 1. The molecular weight excluding hydrogens is 408 g/mol. The highest BCUT2D eigenvalue weighted by atomic mass is 32.2. The molecule has 0 saturated carbocycles. The lowest BCUT2D eigenvalue weighted by atomic mass is 10.1. The van der Waals surface area contributed by atoms with Crippen LogP contribution in [0.25, 0.3) is 0 Å². The average molecular weight is 432 g/mol. The van der Waals surface area contributed by atoms with Gasteiger partial charge in [0, 0.05) is 24.3 Å². The summed E-state index contributed by atoms with van der Waals surface area (Å²) in [5, 5.41) is 2.75. The molecule has 1 aliphatic heterocycles. The molecule has 0 aromatic heterocycles. The summed E-state index contributed by atoms with van der Waals surface area (Å²) in [4.78, 5) is 24.9. The van der Waals surface area contributed by atoms with Crippen LogP contribution in [0.1, 0.15) is 33.2 Å². The van der Waals surface area contributed by atoms with Crippen LogP contribution in [0.2, 0.25) is 0 Å². The van der Waals surface area contributed by atoms with Crippen molar-refractivity contribution in [3.63, 3.8) is 0 Å². The number of hydrogen-bond donors (Lipinski definition) is 1. The first-order valence-corrected chi connectivity index (χ1v) is 11.0. The number of rotatable bonds is 6. The maximum absolute atomic E-state index is 12.8. The van der Waals surface area contributed by atoms with E-state index in [2.05, 4.69) is 5.32 Å². The predicted octanol–water partition coefficient (Wildman–Crippen LogP) is 2.44. The summed E-state index contributed by atoms with van der Waals surface area (Å²) in [5.41, 5.74) is 1.58. The van der Waals surface area contributed by atoms with E-state index in [9.17, 15) is 18.0 Å². The van der Waals surface area contributed by atoms with E-state index in [1.165, 1.54) is 28.6 Å². The highest BCUT2D eigenvalue weighted by Crippen LogP contribution is 2.22. The molecule has 2 aromatic rings. The lowest BCUT2D eigenvalue weighted by molar-refractivity contribution is 0.0525. The fourth-order valence-electron chi connectivity index (χ4n) is 3.13. The molecule has 3 rings (SSSR count). The van der Waals surface area contributed by atoms with Crippen LogP contribution in [-0.2, 0) is 19.5 Å². The van der Waals surface area contributed by atoms with Crippen molar-refractivity contribution in [2.75, 3.05) is 38.2 Å². The van der Waals surface area contributed by atoms with E-state index in [0.717, 1.165) is 0 Å². The maximum atomic E-state index is 12.8. The third kappa shape index (κ3) is 4.69. The largest absolute Gasteiger partial charge is 0.462 e. The smallest absolute Gasteiger partial charge is 0.338 e. The Balaban J connectivity index is 1.83. The lowest BCUT2D eigenvalue weighted by Crippen LogP contribution is -2.40. The maximum Gasteiger partial charge on any atom is 0.338 e. The molecule has 1 N–H and O–H groups in total. The van der Waals surface area contributed by atoms with Gasteiger partial charge < -0.3 is 14.8 Å². The third-order valence-corrected chi connectivity index (χ3v) is 6.68. The van der Waals surface area contributed by atoms with Crippen LogP contribution in [0.5, 0.6) is 0 Å². The standard InChI is InChI=1S/C21H24N2O6S/c1-3-29-21(25)18-8-5-9-19(15(18)2)22-20(24)16-6-4-7-17(14-16)30(26,27)23-10-12-28-13-11-23/h4-9,14H,3,10-13H2,1-2H3,(H,22,24). The summed E-state index contributed by atoms with van der Waals surface area (Å²) in [5.74, 6) is -0.942. The molecule has 1 heterocycles. The number of benzene rings is 2. The minimum Gasteiger partial charge on any atom is -0.462 e. The van der Waals surface area contributed by atoms with Gasteiger partial charge in [-0.3, -0.25) is 4.79 Å². The lowest BCUT2D eigenvalue weighted by Gasteiger charge is -2.26. The second-order valence-corrected chi connectivity index (χ2v) is 8.63. The first kappa shape index (κ1) is 21.9. The molecule has 0 radical (unpaired) electrons. The first-order chi connectivity index (χ1) is 14.3. The molecule has 0 spiro atoms. The summed E-state index contributed by atoms with van der Waals surface area (Å²) in [6.45, 7) is 4.92. The van der Waals surface area contributed by atoms with Gasteiger partial charge in [-0.15, -0.1) is 0 Å². The number of ether oxygens (including phenoxy) is 2. The molecule has 1 amide bonds. The van der Waals surface area contributed by atoms with Gasteiger partial charge in [-0.25, -0.2) is 13.2 Å². The fourth-order valence-corrected chi connectivity index (χ4v) is 4.58. The van der Waals surface area contributed by atoms with Gasteiger partial charge in [-0.2, -0.15) is 4.31 Å². The van der Waals surface area contributed by atoms with E-state index in [4.69, 9.17) is 9.47 Å². The van der Waals surface area contributed by atoms with Gasteiger partial charge in [-0.1, -0.05) is 12.1 Å². The molecule has 0 aliphatic carbocycles. The van der Waals surface area contributed by atoms with Crippen LogP contribution >= 0.6 is 0 Å². The van der Waals surface area contributed by atoms with Crippen LogP contribution in [0.15, 0.2) is 47.4 Å². The number of anilines is 1. The van der Waals surface area contributed by atoms with Crippen LogP contribution in [0.4, 0.5) is 5.69 Å². The summed E-state index contributed by atoms with van der Waals surface area (Å²) in [7, 11) is -3.71. The van der Waals surface area contributed by atoms with Crippen molar-refractivity contribution in [3.8, 4) is 0 Å². The normalized spacial score (nSPS) is 14.9. The van der Waals surface area contributed by atoms with Crippen LogP contribution in [0, 0.1) is 6.92 Å². The van der Waals surface area contributed by atoms with E-state index in [-0.39, 0.29) is 30.2 Å². The fraction of sp³-hybridized carbons (Fsp3) is 0.333. The van der Waals surface area contributed by atoms with Gasteiger partial charge in [0.05, 0.1) is 30.3 Å². The Labute approximate surface area is 175 Å². The Kier molecular flexibility index (Phi) is 6.86. The number of esters is 1. The van der Waals surface area contributed by atoms with Crippen molar-refractivity contribution in [2.45, 2.75) is 18.7 Å². The van der Waals surface area contributed by atoms with Gasteiger partial charge in [-0.05, 0) is 49.7 Å². The molecule has 2 aromatic carbocycles. The first-order valence-electron chi connectivity index (χ1n) is 9.60. The number of morpholine rings is 1. The van der Waals surface area contributed by atoms with Gasteiger partial charge in [0.2, 0.25) is 10.0 Å². The molecule has 1 saturated heterocycles. The highest BCUT2D eigenvalue weighted by Gasteiger charge is 2.27. The molecule has 30 heavy (non-hydrogen) atoms. The third-order valence-electron chi connectivity index (χ3n) is 4.78. The number of carbonyl (C=O) groups excluding carboxylic acids is 2. The minimum absolute atomic E-state index is 0.0500. The number of nitrogens with one attached hydrogen (secondary N) is 1. The van der Waals surface area contributed by atoms with Crippen molar-refractivity contribution in [2.24, 2.45) is 0 Å². The van der Waals surface area contributed by atoms with Crippen molar-refractivity contribution < 1.29 is 27.5 Å². The molecule has 0 atom stereocenters. The Morgan fingerprint density at radius 1 is 1.13 bits per heavy atom.